The van der Waals surface area contributed by atoms with Crippen molar-refractivity contribution >= 4 is 28.6 Å². The van der Waals surface area contributed by atoms with Crippen molar-refractivity contribution in [2.75, 3.05) is 19.0 Å². The molecule has 0 bridgehead atoms. The van der Waals surface area contributed by atoms with Crippen LogP contribution in [-0.2, 0) is 11.3 Å². The van der Waals surface area contributed by atoms with E-state index in [1.54, 1.807) is 17.8 Å². The second-order valence-electron chi connectivity index (χ2n) is 10.5. The quantitative estimate of drug-likeness (QED) is 0.116. The van der Waals surface area contributed by atoms with E-state index in [9.17, 15) is 9.59 Å². The molecule has 2 aromatic carbocycles. The number of aromatic nitrogens is 1. The number of rotatable bonds is 15. The molecule has 0 aliphatic carbocycles. The van der Waals surface area contributed by atoms with E-state index in [-0.39, 0.29) is 23.8 Å². The second-order valence-corrected chi connectivity index (χ2v) is 10.5. The highest BCUT2D eigenvalue weighted by atomic mass is 16.5. The molecular formula is C35H44N2O4. The molecule has 1 aromatic heterocycles. The number of unbranched alkanes of at least 4 members (excludes halogenated alkanes) is 3. The van der Waals surface area contributed by atoms with Gasteiger partial charge >= 0.3 is 0 Å². The molecule has 1 amide bonds. The molecule has 0 fully saturated rings. The number of allylic oxidation sites excluding steroid dienone is 3. The van der Waals surface area contributed by atoms with Gasteiger partial charge in [-0.3, -0.25) is 9.59 Å². The Morgan fingerprint density at radius 2 is 1.76 bits per heavy atom. The number of hydrogen-bond acceptors (Lipinski definition) is 4. The number of aryl methyl sites for hydroxylation is 1. The minimum Gasteiger partial charge on any atom is -0.492 e. The summed E-state index contributed by atoms with van der Waals surface area (Å²) in [5, 5.41) is 3.69. The Morgan fingerprint density at radius 1 is 0.976 bits per heavy atom. The molecular weight excluding hydrogens is 512 g/mol. The van der Waals surface area contributed by atoms with Crippen LogP contribution in [0.25, 0.3) is 17.0 Å². The van der Waals surface area contributed by atoms with Crippen LogP contribution in [0.2, 0.25) is 0 Å². The maximum Gasteiger partial charge on any atom is 0.297 e. The van der Waals surface area contributed by atoms with E-state index in [4.69, 9.17) is 9.47 Å². The number of anilines is 1. The van der Waals surface area contributed by atoms with E-state index < -0.39 is 0 Å². The van der Waals surface area contributed by atoms with Crippen LogP contribution in [0, 0.1) is 0 Å². The Balaban J connectivity index is 1.91. The normalized spacial score (nSPS) is 11.6. The average molecular weight is 557 g/mol. The lowest BCUT2D eigenvalue weighted by atomic mass is 10.1. The van der Waals surface area contributed by atoms with Crippen LogP contribution in [0.1, 0.15) is 71.8 Å². The summed E-state index contributed by atoms with van der Waals surface area (Å²) in [5.41, 5.74) is 4.54. The summed E-state index contributed by atoms with van der Waals surface area (Å²) in [4.78, 5) is 26.4. The Labute approximate surface area is 244 Å². The predicted octanol–water partition coefficient (Wildman–Crippen LogP) is 8.31. The van der Waals surface area contributed by atoms with Gasteiger partial charge in [0.05, 0.1) is 12.6 Å². The third-order valence-electron chi connectivity index (χ3n) is 6.86. The summed E-state index contributed by atoms with van der Waals surface area (Å²) in [6.45, 7) is 9.28. The zero-order valence-corrected chi connectivity index (χ0v) is 25.2. The summed E-state index contributed by atoms with van der Waals surface area (Å²) in [5.74, 6) is 0.377. The molecule has 6 heteroatoms. The first-order valence-electron chi connectivity index (χ1n) is 14.5. The molecule has 0 radical (unpaired) electrons. The first-order valence-corrected chi connectivity index (χ1v) is 14.5. The highest BCUT2D eigenvalue weighted by Gasteiger charge is 2.19. The van der Waals surface area contributed by atoms with Gasteiger partial charge in [0, 0.05) is 23.7 Å². The lowest BCUT2D eigenvalue weighted by Gasteiger charge is -2.18. The van der Waals surface area contributed by atoms with Gasteiger partial charge in [-0.25, -0.2) is 0 Å². The van der Waals surface area contributed by atoms with Crippen molar-refractivity contribution < 1.29 is 14.3 Å². The van der Waals surface area contributed by atoms with E-state index in [1.807, 2.05) is 54.6 Å². The minimum atomic E-state index is -0.247. The van der Waals surface area contributed by atoms with Crippen molar-refractivity contribution in [3.8, 4) is 11.5 Å². The summed E-state index contributed by atoms with van der Waals surface area (Å²) < 4.78 is 13.6. The van der Waals surface area contributed by atoms with Crippen LogP contribution < -0.4 is 20.3 Å². The van der Waals surface area contributed by atoms with E-state index in [2.05, 4.69) is 39.1 Å². The maximum atomic E-state index is 13.8. The number of carbonyl (C=O) groups excluding carboxylic acids is 1. The van der Waals surface area contributed by atoms with Crippen LogP contribution in [0.3, 0.4) is 0 Å². The lowest BCUT2D eigenvalue weighted by Crippen LogP contribution is -2.24. The topological polar surface area (TPSA) is 69.6 Å². The first kappa shape index (κ1) is 31.5. The van der Waals surface area contributed by atoms with Gasteiger partial charge in [0.25, 0.3) is 5.56 Å². The second kappa shape index (κ2) is 16.3. The van der Waals surface area contributed by atoms with Gasteiger partial charge in [0.15, 0.2) is 5.75 Å². The van der Waals surface area contributed by atoms with Gasteiger partial charge in [-0.15, -0.1) is 0 Å². The highest BCUT2D eigenvalue weighted by molar-refractivity contribution is 6.03. The SMILES string of the molecule is CCCCCCn1c(=O)c(OC/C=C(\C)CCC=C(C)C)c(OC)c2ccc(NC(=O)C=Cc3ccccc3)cc21. The first-order chi connectivity index (χ1) is 19.8. The van der Waals surface area contributed by atoms with Crippen molar-refractivity contribution in [3.05, 3.63) is 93.8 Å². The van der Waals surface area contributed by atoms with E-state index in [0.717, 1.165) is 49.5 Å². The Kier molecular flexibility index (Phi) is 12.5. The molecule has 1 heterocycles. The summed E-state index contributed by atoms with van der Waals surface area (Å²) in [6, 6.07) is 15.2. The van der Waals surface area contributed by atoms with Gasteiger partial charge < -0.3 is 19.4 Å². The fourth-order valence-corrected chi connectivity index (χ4v) is 4.60. The van der Waals surface area contributed by atoms with E-state index in [0.29, 0.717) is 23.5 Å². The van der Waals surface area contributed by atoms with Crippen LogP contribution in [0.4, 0.5) is 5.69 Å². The molecule has 3 rings (SSSR count). The van der Waals surface area contributed by atoms with Crippen LogP contribution in [0.5, 0.6) is 11.5 Å². The van der Waals surface area contributed by atoms with Crippen LogP contribution >= 0.6 is 0 Å². The number of fused-ring (bicyclic) bond motifs is 1. The number of pyridine rings is 1. The van der Waals surface area contributed by atoms with Crippen molar-refractivity contribution in [1.29, 1.82) is 0 Å². The van der Waals surface area contributed by atoms with Gasteiger partial charge in [0.1, 0.15) is 6.61 Å². The fourth-order valence-electron chi connectivity index (χ4n) is 4.60. The Hall–Kier alpha value is -4.06. The third kappa shape index (κ3) is 9.52. The number of carbonyl (C=O) groups is 1. The fraction of sp³-hybridized carbons (Fsp3) is 0.371. The largest absolute Gasteiger partial charge is 0.492 e. The number of amides is 1. The summed E-state index contributed by atoms with van der Waals surface area (Å²) in [7, 11) is 1.55. The molecule has 0 saturated carbocycles. The van der Waals surface area contributed by atoms with E-state index >= 15 is 0 Å². The minimum absolute atomic E-state index is 0.214. The third-order valence-corrected chi connectivity index (χ3v) is 6.86. The average Bonchev–Trinajstić information content (AvgIpc) is 2.96. The van der Waals surface area contributed by atoms with E-state index in [1.165, 1.54) is 17.2 Å². The number of ether oxygens (including phenoxy) is 2. The molecule has 0 aliphatic heterocycles. The molecule has 0 saturated heterocycles. The molecule has 6 nitrogen and oxygen atoms in total. The zero-order chi connectivity index (χ0) is 29.6. The Bertz CT molecular complexity index is 1440. The molecule has 41 heavy (non-hydrogen) atoms. The molecule has 218 valence electrons. The van der Waals surface area contributed by atoms with Crippen LogP contribution in [-0.4, -0.2) is 24.2 Å². The molecule has 1 N–H and O–H groups in total. The molecule has 0 aliphatic rings. The number of hydrogen-bond donors (Lipinski definition) is 1. The predicted molar refractivity (Wildman–Crippen MR) is 171 cm³/mol. The van der Waals surface area contributed by atoms with Gasteiger partial charge in [-0.05, 0) is 75.9 Å². The summed E-state index contributed by atoms with van der Waals surface area (Å²) >= 11 is 0. The highest BCUT2D eigenvalue weighted by Crippen LogP contribution is 2.34. The Morgan fingerprint density at radius 3 is 2.46 bits per heavy atom. The summed E-state index contributed by atoms with van der Waals surface area (Å²) in [6.07, 6.45) is 13.6. The van der Waals surface area contributed by atoms with Crippen LogP contribution in [0.15, 0.2) is 82.7 Å². The molecule has 0 spiro atoms. The smallest absolute Gasteiger partial charge is 0.297 e. The zero-order valence-electron chi connectivity index (χ0n) is 25.2. The maximum absolute atomic E-state index is 13.8. The number of benzene rings is 2. The van der Waals surface area contributed by atoms with Crippen molar-refractivity contribution in [3.63, 3.8) is 0 Å². The standard InChI is InChI=1S/C35H44N2O4/c1-6-7-8-12-23-37-31-25-29(36-32(38)21-18-28-16-10-9-11-17-28)19-20-30(31)33(40-5)34(35(37)39)41-24-22-27(4)15-13-14-26(2)3/h9-11,14,16-22,25H,6-8,12-13,15,23-24H2,1-5H3,(H,36,38)/b21-18?,27-22+. The molecule has 3 aromatic rings. The van der Waals surface area contributed by atoms with Gasteiger partial charge in [0.2, 0.25) is 11.7 Å². The number of nitrogens with one attached hydrogen (secondary N) is 1. The molecule has 0 unspecified atom stereocenters. The molecule has 0 atom stereocenters. The van der Waals surface area contributed by atoms with Crippen molar-refractivity contribution in [1.82, 2.24) is 4.57 Å². The monoisotopic (exact) mass is 556 g/mol. The van der Waals surface area contributed by atoms with Crippen molar-refractivity contribution in [2.24, 2.45) is 0 Å². The van der Waals surface area contributed by atoms with Gasteiger partial charge in [-0.1, -0.05) is 73.7 Å². The lowest BCUT2D eigenvalue weighted by molar-refractivity contribution is -0.111. The number of nitrogens with zero attached hydrogens (tertiary/aromatic N) is 1. The van der Waals surface area contributed by atoms with Gasteiger partial charge in [-0.2, -0.15) is 0 Å². The van der Waals surface area contributed by atoms with Crippen molar-refractivity contribution in [2.45, 2.75) is 72.8 Å². The number of methoxy groups -OCH3 is 1.